The van der Waals surface area contributed by atoms with Crippen molar-refractivity contribution in [2.24, 2.45) is 0 Å². The summed E-state index contributed by atoms with van der Waals surface area (Å²) in [6.45, 7) is 4.18. The second kappa shape index (κ2) is 15.5. The van der Waals surface area contributed by atoms with Crippen LogP contribution < -0.4 is 0 Å². The van der Waals surface area contributed by atoms with Crippen molar-refractivity contribution < 1.29 is 28.5 Å². The van der Waals surface area contributed by atoms with Gasteiger partial charge < -0.3 is 18.9 Å². The molecular weight excluding hydrogens is 322 g/mol. The maximum absolute atomic E-state index is 10.4. The average molecular weight is 340 g/mol. The van der Waals surface area contributed by atoms with Crippen LogP contribution in [0.3, 0.4) is 0 Å². The first kappa shape index (κ1) is 20.7. The maximum atomic E-state index is 10.4. The van der Waals surface area contributed by atoms with E-state index in [0.29, 0.717) is 12.5 Å². The van der Waals surface area contributed by atoms with E-state index in [2.05, 4.69) is 18.9 Å². The summed E-state index contributed by atoms with van der Waals surface area (Å²) in [5.41, 5.74) is 0. The molecule has 0 aromatic carbocycles. The van der Waals surface area contributed by atoms with Crippen LogP contribution in [0.4, 0.5) is 9.59 Å². The topological polar surface area (TPSA) is 71.1 Å². The maximum Gasteiger partial charge on any atom is 0.508 e. The molecule has 0 unspecified atom stereocenters. The zero-order chi connectivity index (χ0) is 15.1. The van der Waals surface area contributed by atoms with Gasteiger partial charge in [0.15, 0.2) is 0 Å². The molecular formula is C10H17Cl3O6. The van der Waals surface area contributed by atoms with Gasteiger partial charge in [0.2, 0.25) is 0 Å². The largest absolute Gasteiger partial charge is 0.508 e. The SMILES string of the molecule is CCOC(=O)OCC(Cl)Cl.CCOC(=O)OCCCl. The summed E-state index contributed by atoms with van der Waals surface area (Å²) >= 11 is 15.7. The van der Waals surface area contributed by atoms with Crippen LogP contribution in [0.1, 0.15) is 13.8 Å². The third-order valence-electron chi connectivity index (χ3n) is 1.15. The Morgan fingerprint density at radius 1 is 0.947 bits per heavy atom. The van der Waals surface area contributed by atoms with E-state index in [4.69, 9.17) is 34.8 Å². The van der Waals surface area contributed by atoms with Crippen molar-refractivity contribution in [3.8, 4) is 0 Å². The van der Waals surface area contributed by atoms with Crippen molar-refractivity contribution >= 4 is 47.1 Å². The zero-order valence-corrected chi connectivity index (χ0v) is 13.0. The first-order valence-electron chi connectivity index (χ1n) is 5.41. The summed E-state index contributed by atoms with van der Waals surface area (Å²) in [5.74, 6) is 0.304. The molecule has 0 amide bonds. The highest BCUT2D eigenvalue weighted by molar-refractivity contribution is 6.44. The number of carbonyl (C=O) groups is 2. The van der Waals surface area contributed by atoms with Gasteiger partial charge in [-0.15, -0.1) is 34.8 Å². The minimum atomic E-state index is -0.742. The molecule has 0 N–H and O–H groups in total. The van der Waals surface area contributed by atoms with Crippen molar-refractivity contribution in [2.75, 3.05) is 32.3 Å². The Hall–Kier alpha value is -0.590. The molecule has 6 nitrogen and oxygen atoms in total. The van der Waals surface area contributed by atoms with Gasteiger partial charge in [0.05, 0.1) is 19.1 Å². The summed E-state index contributed by atoms with van der Waals surface area (Å²) in [7, 11) is 0. The predicted octanol–water partition coefficient (Wildman–Crippen LogP) is 3.36. The highest BCUT2D eigenvalue weighted by atomic mass is 35.5. The highest BCUT2D eigenvalue weighted by Gasteiger charge is 2.05. The molecule has 0 heterocycles. The van der Waals surface area contributed by atoms with Crippen LogP contribution >= 0.6 is 34.8 Å². The number of ether oxygens (including phenoxy) is 4. The van der Waals surface area contributed by atoms with E-state index in [9.17, 15) is 9.59 Å². The number of alkyl halides is 3. The van der Waals surface area contributed by atoms with E-state index in [1.165, 1.54) is 0 Å². The first-order chi connectivity index (χ1) is 8.97. The first-order valence-corrected chi connectivity index (χ1v) is 6.81. The Bertz CT molecular complexity index is 237. The van der Waals surface area contributed by atoms with Crippen molar-refractivity contribution in [1.82, 2.24) is 0 Å². The molecule has 0 radical (unpaired) electrons. The van der Waals surface area contributed by atoms with E-state index in [0.717, 1.165) is 0 Å². The molecule has 0 saturated carbocycles. The van der Waals surface area contributed by atoms with Crippen molar-refractivity contribution in [3.05, 3.63) is 0 Å². The van der Waals surface area contributed by atoms with Gasteiger partial charge in [-0.2, -0.15) is 0 Å². The number of hydrogen-bond donors (Lipinski definition) is 0. The molecule has 0 aromatic heterocycles. The molecule has 0 bridgehead atoms. The van der Waals surface area contributed by atoms with Gasteiger partial charge in [-0.3, -0.25) is 0 Å². The molecule has 0 fully saturated rings. The number of hydrogen-bond acceptors (Lipinski definition) is 6. The Morgan fingerprint density at radius 3 is 1.79 bits per heavy atom. The fourth-order valence-electron chi connectivity index (χ4n) is 0.572. The van der Waals surface area contributed by atoms with E-state index < -0.39 is 17.1 Å². The summed E-state index contributed by atoms with van der Waals surface area (Å²) < 4.78 is 17.7. The van der Waals surface area contributed by atoms with Crippen LogP contribution in [0.25, 0.3) is 0 Å². The zero-order valence-electron chi connectivity index (χ0n) is 10.7. The van der Waals surface area contributed by atoms with Crippen LogP contribution in [0.15, 0.2) is 0 Å². The van der Waals surface area contributed by atoms with Crippen LogP contribution in [0.5, 0.6) is 0 Å². The minimum absolute atomic E-state index is 0.0397. The fraction of sp³-hybridized carbons (Fsp3) is 0.800. The lowest BCUT2D eigenvalue weighted by Crippen LogP contribution is -2.11. The minimum Gasteiger partial charge on any atom is -0.435 e. The lowest BCUT2D eigenvalue weighted by Gasteiger charge is -2.03. The van der Waals surface area contributed by atoms with Crippen LogP contribution in [-0.4, -0.2) is 49.5 Å². The van der Waals surface area contributed by atoms with E-state index in [1.54, 1.807) is 13.8 Å². The lowest BCUT2D eigenvalue weighted by molar-refractivity contribution is 0.0615. The summed E-state index contributed by atoms with van der Waals surface area (Å²) in [4.78, 5) is 20.0. The molecule has 114 valence electrons. The quantitative estimate of drug-likeness (QED) is 0.546. The van der Waals surface area contributed by atoms with Gasteiger partial charge in [-0.1, -0.05) is 0 Å². The van der Waals surface area contributed by atoms with Crippen LogP contribution in [-0.2, 0) is 18.9 Å². The third-order valence-corrected chi connectivity index (χ3v) is 1.55. The Morgan fingerprint density at radius 2 is 1.42 bits per heavy atom. The molecule has 0 saturated heterocycles. The van der Waals surface area contributed by atoms with Crippen molar-refractivity contribution in [1.29, 1.82) is 0 Å². The Balaban J connectivity index is 0. The van der Waals surface area contributed by atoms with Gasteiger partial charge in [0.1, 0.15) is 18.1 Å². The highest BCUT2D eigenvalue weighted by Crippen LogP contribution is 2.01. The molecule has 9 heteroatoms. The predicted molar refractivity (Wildman–Crippen MR) is 72.2 cm³/mol. The lowest BCUT2D eigenvalue weighted by atomic mass is 10.8. The van der Waals surface area contributed by atoms with Gasteiger partial charge in [-0.25, -0.2) is 9.59 Å². The van der Waals surface area contributed by atoms with Gasteiger partial charge in [-0.05, 0) is 13.8 Å². The second-order valence-corrected chi connectivity index (χ2v) is 4.26. The fourth-order valence-corrected chi connectivity index (χ4v) is 0.775. The van der Waals surface area contributed by atoms with Crippen molar-refractivity contribution in [3.63, 3.8) is 0 Å². The van der Waals surface area contributed by atoms with Gasteiger partial charge in [0.25, 0.3) is 0 Å². The third kappa shape index (κ3) is 19.9. The van der Waals surface area contributed by atoms with Crippen LogP contribution in [0, 0.1) is 0 Å². The Kier molecular flexibility index (Phi) is 16.9. The van der Waals surface area contributed by atoms with Crippen LogP contribution in [0.2, 0.25) is 0 Å². The molecule has 0 spiro atoms. The molecule has 19 heavy (non-hydrogen) atoms. The number of carbonyl (C=O) groups excluding carboxylic acids is 2. The molecule has 0 rings (SSSR count). The molecule has 0 aliphatic heterocycles. The normalized spacial score (nSPS) is 9.16. The van der Waals surface area contributed by atoms with E-state index in [-0.39, 0.29) is 19.8 Å². The summed E-state index contributed by atoms with van der Waals surface area (Å²) in [6.07, 6.45) is -1.40. The number of rotatable bonds is 6. The molecule has 0 aliphatic carbocycles. The van der Waals surface area contributed by atoms with E-state index >= 15 is 0 Å². The average Bonchev–Trinajstić information content (AvgIpc) is 2.35. The smallest absolute Gasteiger partial charge is 0.435 e. The summed E-state index contributed by atoms with van der Waals surface area (Å²) in [5, 5.41) is 0. The second-order valence-electron chi connectivity index (χ2n) is 2.61. The molecule has 0 aliphatic rings. The van der Waals surface area contributed by atoms with Crippen molar-refractivity contribution in [2.45, 2.75) is 18.7 Å². The van der Waals surface area contributed by atoms with Gasteiger partial charge in [0, 0.05) is 0 Å². The monoisotopic (exact) mass is 338 g/mol. The summed E-state index contributed by atoms with van der Waals surface area (Å²) in [6, 6.07) is 0. The van der Waals surface area contributed by atoms with E-state index in [1.807, 2.05) is 0 Å². The standard InChI is InChI=1S/C5H8Cl2O3.C5H9ClO3/c1-2-9-5(8)10-3-4(6)7;1-2-8-5(7)9-4-3-6/h4H,2-3H2,1H3;2-4H2,1H3. The number of halogens is 3. The molecule has 0 atom stereocenters. The van der Waals surface area contributed by atoms with Gasteiger partial charge >= 0.3 is 12.3 Å². The molecule has 0 aromatic rings. The Labute approximate surface area is 127 Å².